The van der Waals surface area contributed by atoms with E-state index in [1.165, 1.54) is 0 Å². The lowest BCUT2D eigenvalue weighted by Crippen LogP contribution is -2.49. The molecule has 0 spiro atoms. The number of piperidine rings is 1. The zero-order chi connectivity index (χ0) is 26.6. The second-order valence-corrected chi connectivity index (χ2v) is 9.65. The van der Waals surface area contributed by atoms with Gasteiger partial charge in [0.2, 0.25) is 0 Å². The van der Waals surface area contributed by atoms with Crippen molar-refractivity contribution >= 4 is 39.6 Å². The van der Waals surface area contributed by atoms with Crippen molar-refractivity contribution in [1.82, 2.24) is 9.97 Å². The third kappa shape index (κ3) is 5.09. The maximum absolute atomic E-state index is 12.8. The quantitative estimate of drug-likeness (QED) is 0.254. The van der Waals surface area contributed by atoms with Gasteiger partial charge < -0.3 is 20.3 Å². The minimum absolute atomic E-state index is 0.167. The van der Waals surface area contributed by atoms with Gasteiger partial charge in [0.15, 0.2) is 0 Å². The number of hydrogen-bond acceptors (Lipinski definition) is 9. The fraction of sp³-hybridized carbons (Fsp3) is 0.345. The van der Waals surface area contributed by atoms with Crippen molar-refractivity contribution in [3.05, 3.63) is 81.0 Å². The lowest BCUT2D eigenvalue weighted by molar-refractivity contribution is -0.144. The summed E-state index contributed by atoms with van der Waals surface area (Å²) in [6.07, 6.45) is 8.58. The van der Waals surface area contributed by atoms with Crippen LogP contribution in [0.4, 0.5) is 22.9 Å². The summed E-state index contributed by atoms with van der Waals surface area (Å²) in [4.78, 5) is 48.5. The zero-order valence-corrected chi connectivity index (χ0v) is 21.6. The first-order valence-corrected chi connectivity index (χ1v) is 13.0. The van der Waals surface area contributed by atoms with Crippen LogP contribution in [0.1, 0.15) is 38.7 Å². The van der Waals surface area contributed by atoms with E-state index in [9.17, 15) is 14.4 Å². The van der Waals surface area contributed by atoms with Gasteiger partial charge in [-0.3, -0.25) is 14.6 Å². The summed E-state index contributed by atoms with van der Waals surface area (Å²) >= 11 is 0. The van der Waals surface area contributed by atoms with Gasteiger partial charge in [-0.15, -0.1) is 0 Å². The number of rotatable bonds is 9. The van der Waals surface area contributed by atoms with Crippen LogP contribution < -0.4 is 26.4 Å². The van der Waals surface area contributed by atoms with E-state index in [2.05, 4.69) is 27.5 Å². The lowest BCUT2D eigenvalue weighted by Gasteiger charge is -2.37. The molecule has 1 aliphatic heterocycles. The number of pyridine rings is 2. The Hall–Kier alpha value is -4.27. The Bertz CT molecular complexity index is 1500. The van der Waals surface area contributed by atoms with Crippen LogP contribution in [0.5, 0.6) is 0 Å². The molecule has 0 radical (unpaired) electrons. The molecule has 196 valence electrons. The highest BCUT2D eigenvalue weighted by molar-refractivity contribution is 5.92. The number of benzene rings is 1. The number of aromatic nitrogens is 2. The van der Waals surface area contributed by atoms with Gasteiger partial charge in [-0.2, -0.15) is 0 Å². The Morgan fingerprint density at radius 2 is 1.89 bits per heavy atom. The molecule has 1 aliphatic rings. The number of carbonyl (C=O) groups excluding carboxylic acids is 1. The van der Waals surface area contributed by atoms with Crippen LogP contribution in [-0.2, 0) is 16.0 Å². The molecular formula is C29H31N5O4. The second kappa shape index (κ2) is 11.0. The zero-order valence-electron chi connectivity index (χ0n) is 21.6. The molecule has 0 bridgehead atoms. The van der Waals surface area contributed by atoms with E-state index in [4.69, 9.17) is 4.74 Å². The van der Waals surface area contributed by atoms with E-state index < -0.39 is 22.9 Å². The van der Waals surface area contributed by atoms with E-state index >= 15 is 0 Å². The molecule has 0 amide bonds. The van der Waals surface area contributed by atoms with E-state index in [0.29, 0.717) is 17.9 Å². The summed E-state index contributed by atoms with van der Waals surface area (Å²) in [5, 5.41) is 8.34. The molecule has 1 fully saturated rings. The Kier molecular flexibility index (Phi) is 7.35. The number of anilines is 4. The van der Waals surface area contributed by atoms with Gasteiger partial charge in [-0.25, -0.2) is 9.78 Å². The fourth-order valence-electron chi connectivity index (χ4n) is 5.03. The summed E-state index contributed by atoms with van der Waals surface area (Å²) < 4.78 is 5.29. The van der Waals surface area contributed by atoms with E-state index in [1.54, 1.807) is 25.5 Å². The molecule has 0 unspecified atom stereocenters. The van der Waals surface area contributed by atoms with E-state index in [1.807, 2.05) is 41.3 Å². The second-order valence-electron chi connectivity index (χ2n) is 9.65. The molecule has 2 atom stereocenters. The Morgan fingerprint density at radius 1 is 1.11 bits per heavy atom. The summed E-state index contributed by atoms with van der Waals surface area (Å²) in [7, 11) is 0. The molecule has 2 aromatic heterocycles. The van der Waals surface area contributed by atoms with Crippen LogP contribution in [0, 0.1) is 0 Å². The monoisotopic (exact) mass is 513 g/mol. The highest BCUT2D eigenvalue weighted by Crippen LogP contribution is 2.29. The molecule has 3 heterocycles. The molecule has 0 aliphatic carbocycles. The predicted molar refractivity (Wildman–Crippen MR) is 149 cm³/mol. The maximum Gasteiger partial charge on any atom is 0.328 e. The summed E-state index contributed by atoms with van der Waals surface area (Å²) in [5.74, 6) is 0.238. The number of fused-ring (bicyclic) bond motifs is 1. The summed E-state index contributed by atoms with van der Waals surface area (Å²) in [5.41, 5.74) is 1.26. The average Bonchev–Trinajstić information content (AvgIpc) is 2.94. The first-order chi connectivity index (χ1) is 18.5. The van der Waals surface area contributed by atoms with Crippen molar-refractivity contribution in [3.8, 4) is 0 Å². The highest BCUT2D eigenvalue weighted by Gasteiger charge is 2.33. The number of hydrogen-bond donors (Lipinski definition) is 2. The predicted octanol–water partition coefficient (Wildman–Crippen LogP) is 3.93. The van der Waals surface area contributed by atoms with Crippen LogP contribution in [0.25, 0.3) is 10.8 Å². The molecule has 1 saturated heterocycles. The smallest absolute Gasteiger partial charge is 0.328 e. The van der Waals surface area contributed by atoms with Gasteiger partial charge in [0.1, 0.15) is 23.2 Å². The van der Waals surface area contributed by atoms with Crippen LogP contribution >= 0.6 is 0 Å². The van der Waals surface area contributed by atoms with Crippen molar-refractivity contribution in [2.75, 3.05) is 28.7 Å². The Morgan fingerprint density at radius 3 is 2.66 bits per heavy atom. The Labute approximate surface area is 220 Å². The minimum atomic E-state index is -0.804. The van der Waals surface area contributed by atoms with Crippen molar-refractivity contribution < 1.29 is 9.53 Å². The number of esters is 1. The standard InChI is InChI=1S/C29H31N5O4/c1-3-38-29(37)23(33-24-25(27(36)26(24)35)34-15-5-4-6-18(34)2)16-19-7-9-21(10-8-19)32-28-22-17-30-13-11-20(22)12-14-31-28/h7-14,17-18,23,33H,3-6,15-16H2,1-2H3,(H,31,32)/t18-,23-/m0/s1. The van der Waals surface area contributed by atoms with Crippen molar-refractivity contribution in [2.24, 2.45) is 0 Å². The molecule has 9 heteroatoms. The molecule has 2 aromatic carbocycles. The highest BCUT2D eigenvalue weighted by atomic mass is 16.5. The van der Waals surface area contributed by atoms with Gasteiger partial charge in [0.25, 0.3) is 10.9 Å². The summed E-state index contributed by atoms with van der Waals surface area (Å²) in [6, 6.07) is 10.9. The van der Waals surface area contributed by atoms with E-state index in [-0.39, 0.29) is 18.3 Å². The Balaban J connectivity index is 1.34. The van der Waals surface area contributed by atoms with Crippen LogP contribution in [-0.4, -0.2) is 41.2 Å². The fourth-order valence-corrected chi connectivity index (χ4v) is 5.03. The molecule has 9 nitrogen and oxygen atoms in total. The molecule has 2 N–H and O–H groups in total. The molecule has 38 heavy (non-hydrogen) atoms. The summed E-state index contributed by atoms with van der Waals surface area (Å²) in [6.45, 7) is 4.74. The maximum atomic E-state index is 12.8. The first kappa shape index (κ1) is 25.4. The number of carbonyl (C=O) groups is 1. The number of nitrogens with zero attached hydrogens (tertiary/aromatic N) is 3. The van der Waals surface area contributed by atoms with Gasteiger partial charge in [-0.05, 0) is 68.3 Å². The van der Waals surface area contributed by atoms with Crippen LogP contribution in [0.3, 0.4) is 0 Å². The molecule has 0 saturated carbocycles. The molecular weight excluding hydrogens is 482 g/mol. The number of ether oxygens (including phenoxy) is 1. The van der Waals surface area contributed by atoms with Crippen molar-refractivity contribution in [3.63, 3.8) is 0 Å². The largest absolute Gasteiger partial charge is 0.464 e. The third-order valence-corrected chi connectivity index (χ3v) is 7.09. The van der Waals surface area contributed by atoms with Crippen LogP contribution in [0.2, 0.25) is 0 Å². The van der Waals surface area contributed by atoms with Crippen molar-refractivity contribution in [1.29, 1.82) is 0 Å². The molecule has 5 rings (SSSR count). The van der Waals surface area contributed by atoms with Gasteiger partial charge in [0.05, 0.1) is 6.61 Å². The topological polar surface area (TPSA) is 114 Å². The van der Waals surface area contributed by atoms with Gasteiger partial charge >= 0.3 is 5.97 Å². The van der Waals surface area contributed by atoms with Crippen molar-refractivity contribution in [2.45, 2.75) is 51.6 Å². The molecule has 4 aromatic rings. The van der Waals surface area contributed by atoms with Gasteiger partial charge in [0, 0.05) is 48.7 Å². The minimum Gasteiger partial charge on any atom is -0.464 e. The van der Waals surface area contributed by atoms with E-state index in [0.717, 1.165) is 47.8 Å². The SMILES string of the molecule is CCOC(=O)[C@H](Cc1ccc(Nc2nccc3ccncc23)cc1)Nc1c(N2CCCC[C@@H]2C)c(=O)c1=O. The average molecular weight is 514 g/mol. The van der Waals surface area contributed by atoms with Gasteiger partial charge in [-0.1, -0.05) is 12.1 Å². The lowest BCUT2D eigenvalue weighted by atomic mass is 9.99. The third-order valence-electron chi connectivity index (χ3n) is 7.09. The number of nitrogens with one attached hydrogen (secondary N) is 2. The first-order valence-electron chi connectivity index (χ1n) is 13.0. The normalized spacial score (nSPS) is 16.4. The van der Waals surface area contributed by atoms with Crippen LogP contribution in [0.15, 0.2) is 64.6 Å².